The van der Waals surface area contributed by atoms with Gasteiger partial charge in [-0.15, -0.1) is 21.5 Å². The van der Waals surface area contributed by atoms with Crippen molar-refractivity contribution in [2.24, 2.45) is 17.3 Å². The molecule has 7 atom stereocenters. The summed E-state index contributed by atoms with van der Waals surface area (Å²) in [7, 11) is 0. The number of carbonyl (C=O) groups excluding carboxylic acids is 3. The number of ether oxygens (including phenoxy) is 2. The molecule has 8 N–H and O–H groups in total. The number of aliphatic hydroxyl groups excluding tert-OH is 1. The summed E-state index contributed by atoms with van der Waals surface area (Å²) in [4.78, 5) is 60.4. The number of para-hydroxylation sites is 1. The highest BCUT2D eigenvalue weighted by Gasteiger charge is 2.42. The molecule has 2 amide bonds. The summed E-state index contributed by atoms with van der Waals surface area (Å²) >= 11 is 1.60. The van der Waals surface area contributed by atoms with Gasteiger partial charge in [-0.3, -0.25) is 14.4 Å². The molecule has 83 heavy (non-hydrogen) atoms. The van der Waals surface area contributed by atoms with Crippen molar-refractivity contribution in [3.05, 3.63) is 114 Å². The van der Waals surface area contributed by atoms with Gasteiger partial charge < -0.3 is 56.5 Å². The number of aryl methyl sites for hydroxylation is 2. The van der Waals surface area contributed by atoms with E-state index in [0.717, 1.165) is 96.1 Å². The number of aromatic nitrogens is 5. The van der Waals surface area contributed by atoms with Crippen molar-refractivity contribution in [2.75, 3.05) is 60.2 Å². The minimum absolute atomic E-state index is 0.0347. The second-order valence-corrected chi connectivity index (χ2v) is 24.9. The lowest BCUT2D eigenvalue weighted by Crippen LogP contribution is -2.54. The second kappa shape index (κ2) is 26.5. The maximum absolute atomic E-state index is 14.1. The fraction of sp³-hybridized carbons (Fsp3) is 0.492. The number of rotatable bonds is 23. The van der Waals surface area contributed by atoms with Gasteiger partial charge in [0.05, 0.1) is 58.3 Å². The topological polar surface area (TPSA) is 255 Å². The summed E-state index contributed by atoms with van der Waals surface area (Å²) in [5, 5.41) is 42.7. The highest BCUT2D eigenvalue weighted by atomic mass is 32.1. The molecule has 10 rings (SSSR count). The van der Waals surface area contributed by atoms with E-state index in [1.807, 2.05) is 101 Å². The Labute approximate surface area is 490 Å². The molecule has 4 fully saturated rings. The maximum Gasteiger partial charge on any atom is 0.234 e. The first kappa shape index (κ1) is 58.9. The highest BCUT2D eigenvalue weighted by Crippen LogP contribution is 2.41. The third kappa shape index (κ3) is 14.7. The van der Waals surface area contributed by atoms with Crippen LogP contribution in [0.2, 0.25) is 0 Å². The smallest absolute Gasteiger partial charge is 0.234 e. The first-order valence-corrected chi connectivity index (χ1v) is 30.3. The van der Waals surface area contributed by atoms with E-state index in [1.54, 1.807) is 23.5 Å². The Balaban J connectivity index is 0.588. The number of anilines is 4. The minimum atomic E-state index is -0.814. The number of nitrogens with one attached hydrogen (secondary N) is 4. The third-order valence-corrected chi connectivity index (χ3v) is 17.8. The van der Waals surface area contributed by atoms with Gasteiger partial charge in [-0.25, -0.2) is 15.0 Å². The number of thiazole rings is 1. The number of amides is 2. The summed E-state index contributed by atoms with van der Waals surface area (Å²) in [6.07, 6.45) is 10.1. The zero-order valence-electron chi connectivity index (χ0n) is 48.3. The van der Waals surface area contributed by atoms with Gasteiger partial charge in [-0.05, 0) is 118 Å². The van der Waals surface area contributed by atoms with Gasteiger partial charge in [0, 0.05) is 99.3 Å². The quantitative estimate of drug-likeness (QED) is 0.0236. The van der Waals surface area contributed by atoms with Crippen molar-refractivity contribution < 1.29 is 34.1 Å². The average Bonchev–Trinajstić information content (AvgIpc) is 3.76. The third-order valence-electron chi connectivity index (χ3n) is 16.8. The SMILES string of the molecule is Cc1ncsc1-c1ccc([C@H](C)NC(=O)[C@H]2CCC(C(=O)[C@@H](NC(=O)CNCCNc3ccc(CCCO[C@H]4C[C@H](Oc5cc(N6C7CCC6CN(c6cc(-c8ccccc8O)nnc6N)C7)ccn5)C4)cn3)C(C)(C)C)C[C@H](O)C2)cc1. The number of nitrogens with two attached hydrogens (primary N) is 1. The predicted molar refractivity (Wildman–Crippen MR) is 323 cm³/mol. The normalized spacial score (nSPS) is 22.2. The van der Waals surface area contributed by atoms with E-state index in [9.17, 15) is 24.6 Å². The van der Waals surface area contributed by atoms with Crippen LogP contribution in [-0.2, 0) is 25.5 Å². The number of benzene rings is 2. The largest absolute Gasteiger partial charge is 0.507 e. The molecule has 6 heterocycles. The Morgan fingerprint density at radius 2 is 1.61 bits per heavy atom. The Hall–Kier alpha value is -7.26. The molecule has 0 radical (unpaired) electrons. The van der Waals surface area contributed by atoms with Crippen LogP contribution in [0.3, 0.4) is 0 Å². The van der Waals surface area contributed by atoms with Crippen molar-refractivity contribution in [3.63, 3.8) is 0 Å². The van der Waals surface area contributed by atoms with Crippen LogP contribution in [0.1, 0.15) is 108 Å². The number of phenols is 1. The van der Waals surface area contributed by atoms with E-state index in [2.05, 4.69) is 74.4 Å². The lowest BCUT2D eigenvalue weighted by atomic mass is 9.78. The van der Waals surface area contributed by atoms with E-state index in [0.29, 0.717) is 55.5 Å². The van der Waals surface area contributed by atoms with Crippen molar-refractivity contribution in [1.29, 1.82) is 0 Å². The van der Waals surface area contributed by atoms with Crippen LogP contribution in [-0.4, -0.2) is 129 Å². The Morgan fingerprint density at radius 3 is 2.34 bits per heavy atom. The molecule has 2 aromatic carbocycles. The summed E-state index contributed by atoms with van der Waals surface area (Å²) < 4.78 is 12.6. The number of aliphatic hydroxyl groups is 1. The van der Waals surface area contributed by atoms with Gasteiger partial charge in [0.1, 0.15) is 17.7 Å². The molecule has 6 aromatic rings. The summed E-state index contributed by atoms with van der Waals surface area (Å²) in [6, 6.07) is 25.0. The minimum Gasteiger partial charge on any atom is -0.507 e. The fourth-order valence-electron chi connectivity index (χ4n) is 12.2. The average molecular weight is 1150 g/mol. The Kier molecular flexibility index (Phi) is 18.8. The number of hydrogen-bond donors (Lipinski definition) is 7. The van der Waals surface area contributed by atoms with Crippen LogP contribution in [0.25, 0.3) is 21.7 Å². The Bertz CT molecular complexity index is 3160. The molecule has 3 unspecified atom stereocenters. The number of Topliss-reactive ketones (excluding diaryl/α,β-unsaturated/α-hetero) is 1. The number of ketones is 1. The van der Waals surface area contributed by atoms with Gasteiger partial charge in [0.25, 0.3) is 0 Å². The molecule has 20 heteroatoms. The molecular formula is C63H80N12O7S. The van der Waals surface area contributed by atoms with Crippen molar-refractivity contribution in [3.8, 4) is 33.3 Å². The summed E-state index contributed by atoms with van der Waals surface area (Å²) in [6.45, 7) is 13.0. The van der Waals surface area contributed by atoms with Crippen molar-refractivity contribution in [2.45, 2.75) is 141 Å². The van der Waals surface area contributed by atoms with Crippen molar-refractivity contribution >= 4 is 51.9 Å². The first-order valence-electron chi connectivity index (χ1n) is 29.4. The monoisotopic (exact) mass is 1150 g/mol. The van der Waals surface area contributed by atoms with Gasteiger partial charge >= 0.3 is 0 Å². The number of carbonyl (C=O) groups is 3. The molecule has 2 aliphatic carbocycles. The molecule has 4 aliphatic rings. The predicted octanol–water partition coefficient (Wildman–Crippen LogP) is 8.22. The molecular weight excluding hydrogens is 1070 g/mol. The van der Waals surface area contributed by atoms with E-state index in [4.69, 9.17) is 15.2 Å². The van der Waals surface area contributed by atoms with E-state index in [-0.39, 0.29) is 73.1 Å². The van der Waals surface area contributed by atoms with Crippen LogP contribution >= 0.6 is 11.3 Å². The number of fused-ring (bicyclic) bond motifs is 2. The van der Waals surface area contributed by atoms with Crippen molar-refractivity contribution in [1.82, 2.24) is 41.1 Å². The zero-order valence-corrected chi connectivity index (χ0v) is 49.1. The summed E-state index contributed by atoms with van der Waals surface area (Å²) in [5.41, 5.74) is 15.0. The second-order valence-electron chi connectivity index (χ2n) is 24.0. The fourth-order valence-corrected chi connectivity index (χ4v) is 13.0. The molecule has 4 aromatic heterocycles. The lowest BCUT2D eigenvalue weighted by Gasteiger charge is -2.43. The molecule has 2 saturated heterocycles. The van der Waals surface area contributed by atoms with E-state index >= 15 is 0 Å². The zero-order chi connectivity index (χ0) is 58.2. The number of hydrogen-bond acceptors (Lipinski definition) is 18. The van der Waals surface area contributed by atoms with Gasteiger partial charge in [-0.2, -0.15) is 0 Å². The van der Waals surface area contributed by atoms with Gasteiger partial charge in [0.15, 0.2) is 11.6 Å². The standard InChI is InChI=1S/C63H80N12O7S/c1-38(41-13-15-42(16-14-41)59-39(2)69-37-83-59)70-62(80)44-18-17-43(27-48(76)28-44)58(79)60(63(3,4)5)71-56(78)34-65-24-25-66-55-21-12-40(33-68-55)9-8-26-81-49-30-50(31-49)82-57-29-45(22-23-67-57)75-46-19-20-47(75)36-74(35-46)53-32-52(72-73-61(53)64)51-10-6-7-11-54(51)77/h6-7,10-16,21-23,29,32-33,37-38,43-44,46-50,60,65,76-77H,8-9,17-20,24-28,30-31,34-36H2,1-5H3,(H2,64,73)(H,66,68)(H,70,80)(H,71,78)/t38-,43?,44-,46?,47?,48-,49-,50-,60+/m0/s1. The van der Waals surface area contributed by atoms with E-state index in [1.165, 1.54) is 0 Å². The molecule has 2 saturated carbocycles. The highest BCUT2D eigenvalue weighted by molar-refractivity contribution is 7.13. The van der Waals surface area contributed by atoms with Crippen LogP contribution < -0.4 is 41.5 Å². The van der Waals surface area contributed by atoms with Crippen LogP contribution in [0, 0.1) is 24.2 Å². The lowest BCUT2D eigenvalue weighted by molar-refractivity contribution is -0.133. The van der Waals surface area contributed by atoms with Crippen LogP contribution in [0.5, 0.6) is 11.6 Å². The van der Waals surface area contributed by atoms with Crippen LogP contribution in [0.4, 0.5) is 23.0 Å². The first-order chi connectivity index (χ1) is 40.0. The number of piperazine rings is 1. The van der Waals surface area contributed by atoms with E-state index < -0.39 is 29.4 Å². The number of aromatic hydroxyl groups is 1. The maximum atomic E-state index is 14.1. The molecule has 0 spiro atoms. The van der Waals surface area contributed by atoms with Gasteiger partial charge in [0.2, 0.25) is 17.7 Å². The molecule has 2 bridgehead atoms. The number of pyridine rings is 2. The number of nitrogen functional groups attached to an aromatic ring is 1. The molecule has 440 valence electrons. The summed E-state index contributed by atoms with van der Waals surface area (Å²) in [5.74, 6) is 0.463. The molecule has 2 aliphatic heterocycles. The van der Waals surface area contributed by atoms with Gasteiger partial charge in [-0.1, -0.05) is 63.2 Å². The van der Waals surface area contributed by atoms with Crippen LogP contribution in [0.15, 0.2) is 96.8 Å². The number of nitrogens with zero attached hydrogens (tertiary/aromatic N) is 7. The molecule has 19 nitrogen and oxygen atoms in total. The number of phenolic OH excluding ortho intramolecular Hbond substituents is 1. The Morgan fingerprint density at radius 1 is 0.855 bits per heavy atom.